The van der Waals surface area contributed by atoms with Gasteiger partial charge in [-0.2, -0.15) is 0 Å². The van der Waals surface area contributed by atoms with Crippen molar-refractivity contribution in [2.75, 3.05) is 31.1 Å². The molecule has 23 heavy (non-hydrogen) atoms. The molecule has 0 amide bonds. The van der Waals surface area contributed by atoms with Crippen molar-refractivity contribution in [2.45, 2.75) is 18.9 Å². The highest BCUT2D eigenvalue weighted by molar-refractivity contribution is 5.97. The van der Waals surface area contributed by atoms with Gasteiger partial charge in [-0.05, 0) is 11.6 Å². The molecule has 2 aromatic carbocycles. The van der Waals surface area contributed by atoms with E-state index >= 15 is 0 Å². The van der Waals surface area contributed by atoms with E-state index in [0.29, 0.717) is 6.04 Å². The van der Waals surface area contributed by atoms with E-state index in [0.717, 1.165) is 13.1 Å². The van der Waals surface area contributed by atoms with Crippen molar-refractivity contribution in [3.05, 3.63) is 65.7 Å². The SMILES string of the molecule is c1ccc(C2c3ccccc3N3CCC[N+]4=C3N2CCC4)cc1. The van der Waals surface area contributed by atoms with Gasteiger partial charge in [-0.15, -0.1) is 0 Å². The van der Waals surface area contributed by atoms with Gasteiger partial charge in [0.2, 0.25) is 0 Å². The third-order valence-corrected chi connectivity index (χ3v) is 5.37. The van der Waals surface area contributed by atoms with Crippen LogP contribution in [0.4, 0.5) is 5.69 Å². The van der Waals surface area contributed by atoms with Crippen molar-refractivity contribution in [3.63, 3.8) is 0 Å². The highest BCUT2D eigenvalue weighted by Gasteiger charge is 2.46. The molecule has 0 radical (unpaired) electrons. The van der Waals surface area contributed by atoms with E-state index in [1.54, 1.807) is 0 Å². The summed E-state index contributed by atoms with van der Waals surface area (Å²) in [4.78, 5) is 5.19. The van der Waals surface area contributed by atoms with Gasteiger partial charge in [0.25, 0.3) is 0 Å². The Morgan fingerprint density at radius 1 is 0.826 bits per heavy atom. The molecule has 5 rings (SSSR count). The summed E-state index contributed by atoms with van der Waals surface area (Å²) in [6.45, 7) is 4.69. The summed E-state index contributed by atoms with van der Waals surface area (Å²) in [6, 6.07) is 20.3. The maximum Gasteiger partial charge on any atom is 0.356 e. The second kappa shape index (κ2) is 5.12. The summed E-state index contributed by atoms with van der Waals surface area (Å²) >= 11 is 0. The van der Waals surface area contributed by atoms with Gasteiger partial charge in [0.05, 0.1) is 26.2 Å². The number of rotatable bonds is 1. The lowest BCUT2D eigenvalue weighted by atomic mass is 9.92. The molecule has 0 aliphatic carbocycles. The smallest absolute Gasteiger partial charge is 0.264 e. The molecule has 3 heteroatoms. The van der Waals surface area contributed by atoms with E-state index in [1.807, 2.05) is 0 Å². The van der Waals surface area contributed by atoms with Crippen LogP contribution in [0.5, 0.6) is 0 Å². The Morgan fingerprint density at radius 2 is 1.57 bits per heavy atom. The number of anilines is 1. The van der Waals surface area contributed by atoms with E-state index in [1.165, 1.54) is 48.7 Å². The summed E-state index contributed by atoms with van der Waals surface area (Å²) in [6.07, 6.45) is 2.50. The lowest BCUT2D eigenvalue weighted by Gasteiger charge is -2.44. The summed E-state index contributed by atoms with van der Waals surface area (Å²) in [5.41, 5.74) is 4.25. The Hall–Kier alpha value is -2.29. The lowest BCUT2D eigenvalue weighted by molar-refractivity contribution is -0.543. The highest BCUT2D eigenvalue weighted by Crippen LogP contribution is 2.41. The first kappa shape index (κ1) is 13.2. The maximum absolute atomic E-state index is 2.64. The number of nitrogens with zero attached hydrogens (tertiary/aromatic N) is 3. The van der Waals surface area contributed by atoms with E-state index in [9.17, 15) is 0 Å². The number of benzene rings is 2. The van der Waals surface area contributed by atoms with Crippen LogP contribution in [-0.2, 0) is 0 Å². The first-order valence-corrected chi connectivity index (χ1v) is 8.73. The van der Waals surface area contributed by atoms with Crippen LogP contribution < -0.4 is 4.90 Å². The standard InChI is InChI=1S/C20H22N3/c1-2-8-16(9-3-1)19-17-10-4-5-11-18(17)22-14-6-12-21-13-7-15-23(19)20(21)22/h1-5,8-11,19H,6-7,12-15H2/q+1. The summed E-state index contributed by atoms with van der Waals surface area (Å²) in [7, 11) is 0. The summed E-state index contributed by atoms with van der Waals surface area (Å²) in [5, 5.41) is 0. The molecule has 0 spiro atoms. The first-order valence-electron chi connectivity index (χ1n) is 8.73. The van der Waals surface area contributed by atoms with Crippen LogP contribution in [0.25, 0.3) is 0 Å². The minimum Gasteiger partial charge on any atom is -0.264 e. The summed E-state index contributed by atoms with van der Waals surface area (Å²) < 4.78 is 2.60. The predicted molar refractivity (Wildman–Crippen MR) is 93.0 cm³/mol. The average Bonchev–Trinajstić information content (AvgIpc) is 2.63. The predicted octanol–water partition coefficient (Wildman–Crippen LogP) is 3.07. The molecule has 0 bridgehead atoms. The largest absolute Gasteiger partial charge is 0.356 e. The topological polar surface area (TPSA) is 9.49 Å². The van der Waals surface area contributed by atoms with E-state index < -0.39 is 0 Å². The van der Waals surface area contributed by atoms with Gasteiger partial charge in [-0.25, -0.2) is 4.90 Å². The zero-order chi connectivity index (χ0) is 15.2. The molecule has 0 N–H and O–H groups in total. The zero-order valence-corrected chi connectivity index (χ0v) is 13.4. The Balaban J connectivity index is 1.76. The van der Waals surface area contributed by atoms with Crippen molar-refractivity contribution in [1.82, 2.24) is 4.90 Å². The number of hydrogen-bond acceptors (Lipinski definition) is 2. The van der Waals surface area contributed by atoms with Crippen LogP contribution in [0, 0.1) is 0 Å². The van der Waals surface area contributed by atoms with Crippen LogP contribution in [0.2, 0.25) is 0 Å². The van der Waals surface area contributed by atoms with Gasteiger partial charge in [0, 0.05) is 18.4 Å². The molecule has 3 nitrogen and oxygen atoms in total. The Kier molecular flexibility index (Phi) is 2.93. The fraction of sp³-hybridized carbons (Fsp3) is 0.350. The molecule has 0 fully saturated rings. The fourth-order valence-electron chi connectivity index (χ4n) is 4.47. The minimum atomic E-state index is 0.347. The van der Waals surface area contributed by atoms with Gasteiger partial charge < -0.3 is 0 Å². The number of fused-ring (bicyclic) bond motifs is 2. The number of hydrogen-bond donors (Lipinski definition) is 0. The molecule has 0 saturated heterocycles. The van der Waals surface area contributed by atoms with Crippen molar-refractivity contribution >= 4 is 11.6 Å². The first-order chi connectivity index (χ1) is 11.4. The molecule has 1 unspecified atom stereocenters. The molecule has 2 aromatic rings. The van der Waals surface area contributed by atoms with Gasteiger partial charge in [0.15, 0.2) is 0 Å². The van der Waals surface area contributed by atoms with Crippen molar-refractivity contribution in [3.8, 4) is 0 Å². The molecule has 0 aromatic heterocycles. The molecule has 0 saturated carbocycles. The van der Waals surface area contributed by atoms with E-state index in [4.69, 9.17) is 0 Å². The lowest BCUT2D eigenvalue weighted by Crippen LogP contribution is -2.60. The van der Waals surface area contributed by atoms with Crippen LogP contribution in [0.3, 0.4) is 0 Å². The van der Waals surface area contributed by atoms with Crippen LogP contribution in [0.1, 0.15) is 30.0 Å². The molecule has 3 aliphatic rings. The Morgan fingerprint density at radius 3 is 2.43 bits per heavy atom. The Bertz CT molecular complexity index is 761. The second-order valence-corrected chi connectivity index (χ2v) is 6.71. The molecule has 1 atom stereocenters. The fourth-order valence-corrected chi connectivity index (χ4v) is 4.47. The van der Waals surface area contributed by atoms with E-state index in [2.05, 4.69) is 69.0 Å². The van der Waals surface area contributed by atoms with Crippen molar-refractivity contribution in [1.29, 1.82) is 0 Å². The average molecular weight is 304 g/mol. The maximum atomic E-state index is 2.64. The monoisotopic (exact) mass is 304 g/mol. The highest BCUT2D eigenvalue weighted by atomic mass is 15.5. The minimum absolute atomic E-state index is 0.347. The van der Waals surface area contributed by atoms with Gasteiger partial charge in [0.1, 0.15) is 11.7 Å². The zero-order valence-electron chi connectivity index (χ0n) is 13.4. The number of para-hydroxylation sites is 1. The molecule has 3 heterocycles. The summed E-state index contributed by atoms with van der Waals surface area (Å²) in [5.74, 6) is 1.44. The van der Waals surface area contributed by atoms with Gasteiger partial charge >= 0.3 is 5.96 Å². The van der Waals surface area contributed by atoms with Crippen LogP contribution in [0.15, 0.2) is 54.6 Å². The van der Waals surface area contributed by atoms with Gasteiger partial charge in [-0.3, -0.25) is 9.48 Å². The number of guanidine groups is 1. The normalized spacial score (nSPS) is 22.7. The quantitative estimate of drug-likeness (QED) is 0.749. The van der Waals surface area contributed by atoms with E-state index in [-0.39, 0.29) is 0 Å². The molecular weight excluding hydrogens is 282 g/mol. The Labute approximate surface area is 137 Å². The second-order valence-electron chi connectivity index (χ2n) is 6.71. The van der Waals surface area contributed by atoms with Gasteiger partial charge in [-0.1, -0.05) is 48.5 Å². The molecule has 116 valence electrons. The van der Waals surface area contributed by atoms with Crippen molar-refractivity contribution in [2.24, 2.45) is 0 Å². The third kappa shape index (κ3) is 1.92. The molecule has 3 aliphatic heterocycles. The molecular formula is C20H22N3+. The van der Waals surface area contributed by atoms with Crippen LogP contribution in [-0.4, -0.2) is 41.6 Å². The van der Waals surface area contributed by atoms with Crippen LogP contribution >= 0.6 is 0 Å². The van der Waals surface area contributed by atoms with Crippen molar-refractivity contribution < 1.29 is 4.58 Å². The third-order valence-electron chi connectivity index (χ3n) is 5.37.